The molecule has 0 spiro atoms. The van der Waals surface area contributed by atoms with Crippen molar-refractivity contribution in [1.29, 1.82) is 0 Å². The second kappa shape index (κ2) is 11.1. The minimum absolute atomic E-state index is 0. The van der Waals surface area contributed by atoms with Gasteiger partial charge in [0.1, 0.15) is 0 Å². The van der Waals surface area contributed by atoms with Gasteiger partial charge in [-0.25, -0.2) is 0 Å². The van der Waals surface area contributed by atoms with Gasteiger partial charge < -0.3 is 15.5 Å². The van der Waals surface area contributed by atoms with Gasteiger partial charge in [-0.15, -0.1) is 24.0 Å². The lowest BCUT2D eigenvalue weighted by Crippen LogP contribution is -2.50. The van der Waals surface area contributed by atoms with Crippen LogP contribution in [0.2, 0.25) is 0 Å². The predicted octanol–water partition coefficient (Wildman–Crippen LogP) is 2.53. The molecule has 3 rings (SSSR count). The number of hydrogen-bond donors (Lipinski definition) is 2. The van der Waals surface area contributed by atoms with Crippen LogP contribution in [-0.4, -0.2) is 68.1 Å². The number of piperidine rings is 1. The summed E-state index contributed by atoms with van der Waals surface area (Å²) in [6.45, 7) is 5.57. The molecule has 0 radical (unpaired) electrons. The lowest BCUT2D eigenvalue weighted by molar-refractivity contribution is 0.198. The van der Waals surface area contributed by atoms with Gasteiger partial charge >= 0.3 is 0 Å². The number of halogens is 1. The molecule has 2 N–H and O–H groups in total. The minimum Gasteiger partial charge on any atom is -0.355 e. The van der Waals surface area contributed by atoms with E-state index in [9.17, 15) is 0 Å². The Bertz CT molecular complexity index is 542. The van der Waals surface area contributed by atoms with Gasteiger partial charge in [0, 0.05) is 45.3 Å². The molecule has 0 aromatic heterocycles. The fourth-order valence-electron chi connectivity index (χ4n) is 3.92. The molecule has 0 amide bonds. The summed E-state index contributed by atoms with van der Waals surface area (Å²) in [5, 5.41) is 7.15. The van der Waals surface area contributed by atoms with Crippen LogP contribution in [-0.2, 0) is 6.54 Å². The van der Waals surface area contributed by atoms with E-state index in [-0.39, 0.29) is 24.0 Å². The second-order valence-corrected chi connectivity index (χ2v) is 7.41. The van der Waals surface area contributed by atoms with E-state index in [1.54, 1.807) is 0 Å². The first-order valence-corrected chi connectivity index (χ1v) is 9.68. The third-order valence-electron chi connectivity index (χ3n) is 5.58. The predicted molar refractivity (Wildman–Crippen MR) is 120 cm³/mol. The van der Waals surface area contributed by atoms with E-state index in [0.717, 1.165) is 32.1 Å². The summed E-state index contributed by atoms with van der Waals surface area (Å²) in [5.74, 6) is 0.960. The lowest BCUT2D eigenvalue weighted by Gasteiger charge is -2.33. The Kier molecular flexibility index (Phi) is 9.15. The lowest BCUT2D eigenvalue weighted by atomic mass is 10.0. The number of rotatable bonds is 5. The molecule has 2 fully saturated rings. The SMILES string of the molecule is CN=C(NCC1CCCN1C)NC1CCN(Cc2ccccc2)CC1.I. The molecular weight excluding hydrogens is 437 g/mol. The van der Waals surface area contributed by atoms with Crippen LogP contribution in [0.25, 0.3) is 0 Å². The van der Waals surface area contributed by atoms with Crippen molar-refractivity contribution in [3.05, 3.63) is 35.9 Å². The van der Waals surface area contributed by atoms with Crippen molar-refractivity contribution in [3.8, 4) is 0 Å². The molecule has 2 aliphatic rings. The van der Waals surface area contributed by atoms with Crippen molar-refractivity contribution >= 4 is 29.9 Å². The van der Waals surface area contributed by atoms with Crippen molar-refractivity contribution in [2.75, 3.05) is 40.3 Å². The summed E-state index contributed by atoms with van der Waals surface area (Å²) in [7, 11) is 4.09. The molecular formula is C20H34IN5. The first-order chi connectivity index (χ1) is 12.2. The first kappa shape index (κ1) is 21.4. The zero-order chi connectivity index (χ0) is 17.5. The first-order valence-electron chi connectivity index (χ1n) is 9.68. The van der Waals surface area contributed by atoms with Crippen molar-refractivity contribution < 1.29 is 0 Å². The van der Waals surface area contributed by atoms with Gasteiger partial charge in [-0.1, -0.05) is 30.3 Å². The molecule has 146 valence electrons. The standard InChI is InChI=1S/C20H33N5.HI/c1-21-20(22-15-19-9-6-12-24(19)2)23-18-10-13-25(14-11-18)16-17-7-4-3-5-8-17;/h3-5,7-8,18-19H,6,9-16H2,1-2H3,(H2,21,22,23);1H. The van der Waals surface area contributed by atoms with Crippen LogP contribution in [0.1, 0.15) is 31.2 Å². The molecule has 0 bridgehead atoms. The fourth-order valence-corrected chi connectivity index (χ4v) is 3.92. The minimum atomic E-state index is 0. The Hall–Kier alpha value is -0.860. The molecule has 2 aliphatic heterocycles. The van der Waals surface area contributed by atoms with Crippen molar-refractivity contribution in [2.24, 2.45) is 4.99 Å². The van der Waals surface area contributed by atoms with Crippen molar-refractivity contribution in [1.82, 2.24) is 20.4 Å². The van der Waals surface area contributed by atoms with E-state index in [1.807, 2.05) is 7.05 Å². The molecule has 1 unspecified atom stereocenters. The van der Waals surface area contributed by atoms with Crippen LogP contribution in [0, 0.1) is 0 Å². The van der Waals surface area contributed by atoms with Crippen molar-refractivity contribution in [2.45, 2.75) is 44.3 Å². The number of benzene rings is 1. The van der Waals surface area contributed by atoms with Crippen LogP contribution in [0.3, 0.4) is 0 Å². The van der Waals surface area contributed by atoms with E-state index >= 15 is 0 Å². The summed E-state index contributed by atoms with van der Waals surface area (Å²) < 4.78 is 0. The summed E-state index contributed by atoms with van der Waals surface area (Å²) in [5.41, 5.74) is 1.41. The third kappa shape index (κ3) is 6.39. The molecule has 5 nitrogen and oxygen atoms in total. The number of hydrogen-bond acceptors (Lipinski definition) is 3. The van der Waals surface area contributed by atoms with E-state index in [2.05, 4.69) is 62.8 Å². The van der Waals surface area contributed by atoms with Crippen LogP contribution in [0.4, 0.5) is 0 Å². The summed E-state index contributed by atoms with van der Waals surface area (Å²) >= 11 is 0. The Morgan fingerprint density at radius 2 is 1.85 bits per heavy atom. The Labute approximate surface area is 175 Å². The maximum absolute atomic E-state index is 4.42. The van der Waals surface area contributed by atoms with Gasteiger partial charge in [0.2, 0.25) is 0 Å². The fraction of sp³-hybridized carbons (Fsp3) is 0.650. The quantitative estimate of drug-likeness (QED) is 0.394. The molecule has 2 heterocycles. The third-order valence-corrected chi connectivity index (χ3v) is 5.58. The number of guanidine groups is 1. The summed E-state index contributed by atoms with van der Waals surface area (Å²) in [6, 6.07) is 11.9. The van der Waals surface area contributed by atoms with E-state index in [0.29, 0.717) is 12.1 Å². The number of likely N-dealkylation sites (tertiary alicyclic amines) is 2. The monoisotopic (exact) mass is 471 g/mol. The van der Waals surface area contributed by atoms with Gasteiger partial charge in [0.05, 0.1) is 0 Å². The molecule has 6 heteroatoms. The number of nitrogens with zero attached hydrogens (tertiary/aromatic N) is 3. The smallest absolute Gasteiger partial charge is 0.191 e. The highest BCUT2D eigenvalue weighted by molar-refractivity contribution is 14.0. The highest BCUT2D eigenvalue weighted by Gasteiger charge is 2.22. The van der Waals surface area contributed by atoms with E-state index in [4.69, 9.17) is 0 Å². The topological polar surface area (TPSA) is 42.9 Å². The van der Waals surface area contributed by atoms with Gasteiger partial charge in [0.25, 0.3) is 0 Å². The van der Waals surface area contributed by atoms with Crippen LogP contribution in [0.5, 0.6) is 0 Å². The van der Waals surface area contributed by atoms with Crippen LogP contribution in [0.15, 0.2) is 35.3 Å². The van der Waals surface area contributed by atoms with Crippen LogP contribution < -0.4 is 10.6 Å². The Morgan fingerprint density at radius 3 is 2.46 bits per heavy atom. The number of aliphatic imine (C=N–C) groups is 1. The van der Waals surface area contributed by atoms with Gasteiger partial charge in [-0.3, -0.25) is 9.89 Å². The van der Waals surface area contributed by atoms with Gasteiger partial charge in [-0.05, 0) is 44.8 Å². The van der Waals surface area contributed by atoms with Gasteiger partial charge in [-0.2, -0.15) is 0 Å². The number of nitrogens with one attached hydrogen (secondary N) is 2. The maximum atomic E-state index is 4.42. The molecule has 26 heavy (non-hydrogen) atoms. The molecule has 1 aromatic rings. The Morgan fingerprint density at radius 1 is 1.12 bits per heavy atom. The van der Waals surface area contributed by atoms with Crippen LogP contribution >= 0.6 is 24.0 Å². The Balaban J connectivity index is 0.00000243. The van der Waals surface area contributed by atoms with E-state index < -0.39 is 0 Å². The average molecular weight is 471 g/mol. The normalized spacial score (nSPS) is 22.8. The van der Waals surface area contributed by atoms with Gasteiger partial charge in [0.15, 0.2) is 5.96 Å². The highest BCUT2D eigenvalue weighted by Crippen LogP contribution is 2.15. The van der Waals surface area contributed by atoms with E-state index in [1.165, 1.54) is 37.8 Å². The maximum Gasteiger partial charge on any atom is 0.191 e. The summed E-state index contributed by atoms with van der Waals surface area (Å²) in [4.78, 5) is 9.42. The van der Waals surface area contributed by atoms with Crippen molar-refractivity contribution in [3.63, 3.8) is 0 Å². The molecule has 0 saturated carbocycles. The molecule has 1 atom stereocenters. The second-order valence-electron chi connectivity index (χ2n) is 7.41. The zero-order valence-electron chi connectivity index (χ0n) is 16.2. The number of likely N-dealkylation sites (N-methyl/N-ethyl adjacent to an activating group) is 1. The summed E-state index contributed by atoms with van der Waals surface area (Å²) in [6.07, 6.45) is 4.96. The largest absolute Gasteiger partial charge is 0.355 e. The molecule has 2 saturated heterocycles. The highest BCUT2D eigenvalue weighted by atomic mass is 127. The molecule has 0 aliphatic carbocycles. The zero-order valence-corrected chi connectivity index (χ0v) is 18.5. The molecule has 1 aromatic carbocycles. The average Bonchev–Trinajstić information content (AvgIpc) is 3.06.